The van der Waals surface area contributed by atoms with Gasteiger partial charge in [-0.3, -0.25) is 4.98 Å². The first-order valence-electron chi connectivity index (χ1n) is 18.2. The molecule has 1 aliphatic rings. The van der Waals surface area contributed by atoms with Crippen molar-refractivity contribution < 1.29 is 0 Å². The summed E-state index contributed by atoms with van der Waals surface area (Å²) in [6, 6.07) is 60.6. The Kier molecular flexibility index (Phi) is 7.16. The van der Waals surface area contributed by atoms with E-state index in [1.807, 2.05) is 30.5 Å². The molecule has 250 valence electrons. The lowest BCUT2D eigenvalue weighted by molar-refractivity contribution is 0.661. The summed E-state index contributed by atoms with van der Waals surface area (Å²) >= 11 is 0. The molecular weight excluding hydrogens is 643 g/mol. The van der Waals surface area contributed by atoms with Crippen LogP contribution in [0.3, 0.4) is 0 Å². The van der Waals surface area contributed by atoms with Gasteiger partial charge in [0.2, 0.25) is 0 Å². The molecule has 2 aromatic heterocycles. The third-order valence-electron chi connectivity index (χ3n) is 10.9. The van der Waals surface area contributed by atoms with Crippen LogP contribution in [0.15, 0.2) is 176 Å². The summed E-state index contributed by atoms with van der Waals surface area (Å²) in [7, 11) is 0. The molecule has 9 aromatic rings. The van der Waals surface area contributed by atoms with E-state index in [0.29, 0.717) is 0 Å². The molecule has 0 bridgehead atoms. The van der Waals surface area contributed by atoms with Crippen LogP contribution in [-0.2, 0) is 5.41 Å². The zero-order valence-electron chi connectivity index (χ0n) is 29.6. The second-order valence-corrected chi connectivity index (χ2v) is 14.5. The molecule has 0 saturated carbocycles. The third-order valence-corrected chi connectivity index (χ3v) is 10.9. The first kappa shape index (κ1) is 31.1. The quantitative estimate of drug-likeness (QED) is 0.182. The van der Waals surface area contributed by atoms with E-state index in [9.17, 15) is 0 Å². The van der Waals surface area contributed by atoms with Crippen LogP contribution in [0.25, 0.3) is 89.0 Å². The van der Waals surface area contributed by atoms with Crippen molar-refractivity contribution in [3.05, 3.63) is 187 Å². The summed E-state index contributed by atoms with van der Waals surface area (Å²) in [5.74, 6) is 0.719. The lowest BCUT2D eigenvalue weighted by Crippen LogP contribution is -2.14. The Morgan fingerprint density at radius 1 is 0.377 bits per heavy atom. The van der Waals surface area contributed by atoms with Gasteiger partial charge < -0.3 is 0 Å². The van der Waals surface area contributed by atoms with Crippen LogP contribution >= 0.6 is 0 Å². The Morgan fingerprint density at radius 3 is 1.79 bits per heavy atom. The highest BCUT2D eigenvalue weighted by atomic mass is 14.9. The van der Waals surface area contributed by atoms with Gasteiger partial charge in [-0.1, -0.05) is 141 Å². The van der Waals surface area contributed by atoms with Crippen LogP contribution in [0, 0.1) is 0 Å². The van der Waals surface area contributed by atoms with Crippen LogP contribution in [0.5, 0.6) is 0 Å². The van der Waals surface area contributed by atoms with Crippen molar-refractivity contribution >= 4 is 21.5 Å². The van der Waals surface area contributed by atoms with Gasteiger partial charge in [-0.25, -0.2) is 9.97 Å². The van der Waals surface area contributed by atoms with E-state index >= 15 is 0 Å². The molecule has 0 fully saturated rings. The minimum absolute atomic E-state index is 0.138. The molecule has 0 atom stereocenters. The minimum atomic E-state index is -0.138. The Bertz CT molecular complexity index is 2840. The molecule has 0 radical (unpaired) electrons. The minimum Gasteiger partial charge on any atom is -0.256 e. The Balaban J connectivity index is 1.08. The van der Waals surface area contributed by atoms with Crippen molar-refractivity contribution in [2.24, 2.45) is 0 Å². The maximum Gasteiger partial charge on any atom is 0.160 e. The maximum atomic E-state index is 5.28. The van der Waals surface area contributed by atoms with E-state index in [-0.39, 0.29) is 5.41 Å². The summed E-state index contributed by atoms with van der Waals surface area (Å²) in [6.07, 6.45) is 1.83. The molecular formula is C50H35N3. The number of hydrogen-bond acceptors (Lipinski definition) is 3. The molecule has 3 nitrogen and oxygen atoms in total. The van der Waals surface area contributed by atoms with Crippen LogP contribution < -0.4 is 0 Å². The fourth-order valence-electron chi connectivity index (χ4n) is 8.09. The van der Waals surface area contributed by atoms with Gasteiger partial charge in [0.15, 0.2) is 5.82 Å². The summed E-state index contributed by atoms with van der Waals surface area (Å²) < 4.78 is 0. The smallest absolute Gasteiger partial charge is 0.160 e. The van der Waals surface area contributed by atoms with Crippen molar-refractivity contribution in [1.29, 1.82) is 0 Å². The lowest BCUT2D eigenvalue weighted by Gasteiger charge is -2.22. The predicted octanol–water partition coefficient (Wildman–Crippen LogP) is 12.8. The highest BCUT2D eigenvalue weighted by Crippen LogP contribution is 2.53. The van der Waals surface area contributed by atoms with E-state index in [4.69, 9.17) is 9.97 Å². The molecule has 7 aromatic carbocycles. The van der Waals surface area contributed by atoms with Crippen LogP contribution in [0.4, 0.5) is 0 Å². The second kappa shape index (κ2) is 12.2. The molecule has 2 heterocycles. The lowest BCUT2D eigenvalue weighted by atomic mass is 9.81. The molecule has 0 N–H and O–H groups in total. The standard InChI is InChI=1S/C50H35N3/c1-50(2)43-16-10-15-41(48(43)42-29-35-13-6-7-14-36(35)30-44(42)50)47-31-46(52-49(53-47)34-11-4-3-5-12-34)40-25-24-38-27-37(22-23-39(38)28-40)32-18-20-33(21-19-32)45-17-8-9-26-51-45/h3-31H,1-2H3. The monoisotopic (exact) mass is 677 g/mol. The van der Waals surface area contributed by atoms with E-state index in [0.717, 1.165) is 45.2 Å². The van der Waals surface area contributed by atoms with Gasteiger partial charge >= 0.3 is 0 Å². The van der Waals surface area contributed by atoms with Crippen LogP contribution in [0.2, 0.25) is 0 Å². The van der Waals surface area contributed by atoms with Gasteiger partial charge in [0.1, 0.15) is 0 Å². The number of fused-ring (bicyclic) bond motifs is 5. The number of hydrogen-bond donors (Lipinski definition) is 0. The van der Waals surface area contributed by atoms with Gasteiger partial charge in [-0.15, -0.1) is 0 Å². The number of pyridine rings is 1. The largest absolute Gasteiger partial charge is 0.256 e. The first-order valence-corrected chi connectivity index (χ1v) is 18.2. The van der Waals surface area contributed by atoms with Crippen molar-refractivity contribution in [2.45, 2.75) is 19.3 Å². The third kappa shape index (κ3) is 5.32. The molecule has 1 aliphatic carbocycles. The Labute approximate surface area is 309 Å². The van der Waals surface area contributed by atoms with E-state index in [1.165, 1.54) is 54.9 Å². The number of rotatable bonds is 5. The normalized spacial score (nSPS) is 12.9. The average molecular weight is 678 g/mol. The fourth-order valence-corrected chi connectivity index (χ4v) is 8.09. The maximum absolute atomic E-state index is 5.28. The van der Waals surface area contributed by atoms with E-state index < -0.39 is 0 Å². The first-order chi connectivity index (χ1) is 26.0. The van der Waals surface area contributed by atoms with Crippen molar-refractivity contribution in [1.82, 2.24) is 15.0 Å². The zero-order chi connectivity index (χ0) is 35.5. The topological polar surface area (TPSA) is 38.7 Å². The van der Waals surface area contributed by atoms with Gasteiger partial charge in [0, 0.05) is 33.9 Å². The molecule has 0 spiro atoms. The fraction of sp³-hybridized carbons (Fsp3) is 0.0600. The van der Waals surface area contributed by atoms with Crippen LogP contribution in [0.1, 0.15) is 25.0 Å². The van der Waals surface area contributed by atoms with Gasteiger partial charge in [0.05, 0.1) is 17.1 Å². The van der Waals surface area contributed by atoms with Crippen LogP contribution in [-0.4, -0.2) is 15.0 Å². The van der Waals surface area contributed by atoms with Crippen molar-refractivity contribution in [2.75, 3.05) is 0 Å². The van der Waals surface area contributed by atoms with E-state index in [1.54, 1.807) is 0 Å². The molecule has 10 rings (SSSR count). The summed E-state index contributed by atoms with van der Waals surface area (Å²) in [4.78, 5) is 15.0. The number of aromatic nitrogens is 3. The SMILES string of the molecule is CC1(C)c2cc3ccccc3cc2-c2c(-c3cc(-c4ccc5cc(-c6ccc(-c7ccccn7)cc6)ccc5c4)nc(-c4ccccc4)n3)cccc21. The molecule has 0 saturated heterocycles. The van der Waals surface area contributed by atoms with Crippen molar-refractivity contribution in [3.8, 4) is 67.4 Å². The van der Waals surface area contributed by atoms with Crippen molar-refractivity contribution in [3.63, 3.8) is 0 Å². The number of benzene rings is 7. The van der Waals surface area contributed by atoms with E-state index in [2.05, 4.69) is 164 Å². The molecule has 53 heavy (non-hydrogen) atoms. The summed E-state index contributed by atoms with van der Waals surface area (Å²) in [5.41, 5.74) is 14.6. The van der Waals surface area contributed by atoms with Gasteiger partial charge in [0.25, 0.3) is 0 Å². The number of nitrogens with zero attached hydrogens (tertiary/aromatic N) is 3. The molecule has 0 amide bonds. The van der Waals surface area contributed by atoms with Gasteiger partial charge in [-0.2, -0.15) is 0 Å². The summed E-state index contributed by atoms with van der Waals surface area (Å²) in [5, 5.41) is 4.87. The van der Waals surface area contributed by atoms with Gasteiger partial charge in [-0.05, 0) is 97.4 Å². The predicted molar refractivity (Wildman–Crippen MR) is 220 cm³/mol. The molecule has 0 unspecified atom stereocenters. The zero-order valence-corrected chi connectivity index (χ0v) is 29.6. The Hall–Kier alpha value is -6.71. The summed E-state index contributed by atoms with van der Waals surface area (Å²) in [6.45, 7) is 4.68. The second-order valence-electron chi connectivity index (χ2n) is 14.5. The highest BCUT2D eigenvalue weighted by Gasteiger charge is 2.37. The average Bonchev–Trinajstić information content (AvgIpc) is 3.45. The molecule has 0 aliphatic heterocycles. The Morgan fingerprint density at radius 2 is 1.02 bits per heavy atom. The molecule has 3 heteroatoms. The highest BCUT2D eigenvalue weighted by molar-refractivity contribution is 5.99.